The van der Waals surface area contributed by atoms with Crippen molar-refractivity contribution in [2.75, 3.05) is 5.75 Å². The number of pyridine rings is 1. The van der Waals surface area contributed by atoms with E-state index in [0.717, 1.165) is 36.1 Å². The van der Waals surface area contributed by atoms with Gasteiger partial charge in [-0.25, -0.2) is 4.79 Å². The molecule has 178 valence electrons. The Balaban J connectivity index is 1.48. The molecule has 0 aliphatic heterocycles. The van der Waals surface area contributed by atoms with E-state index in [9.17, 15) is 9.59 Å². The molecular weight excluding hydrogens is 448 g/mol. The molecule has 8 nitrogen and oxygen atoms in total. The van der Waals surface area contributed by atoms with Gasteiger partial charge in [0.05, 0.1) is 11.4 Å². The van der Waals surface area contributed by atoms with Gasteiger partial charge < -0.3 is 5.32 Å². The van der Waals surface area contributed by atoms with Gasteiger partial charge >= 0.3 is 6.03 Å². The molecule has 3 amide bonds. The third kappa shape index (κ3) is 5.64. The van der Waals surface area contributed by atoms with Gasteiger partial charge in [0.15, 0.2) is 11.0 Å². The molecule has 1 saturated carbocycles. The minimum atomic E-state index is -0.433. The number of thioether (sulfide) groups is 1. The Morgan fingerprint density at radius 1 is 1.06 bits per heavy atom. The summed E-state index contributed by atoms with van der Waals surface area (Å²) in [6, 6.07) is 9.57. The molecule has 0 spiro atoms. The molecule has 1 aliphatic carbocycles. The number of benzene rings is 1. The van der Waals surface area contributed by atoms with Gasteiger partial charge in [-0.2, -0.15) is 0 Å². The average Bonchev–Trinajstić information content (AvgIpc) is 3.25. The van der Waals surface area contributed by atoms with Gasteiger partial charge in [0.1, 0.15) is 0 Å². The van der Waals surface area contributed by atoms with Crippen LogP contribution in [0.25, 0.3) is 17.1 Å². The molecule has 2 heterocycles. The number of aryl methyl sites for hydroxylation is 2. The standard InChI is InChI=1S/C25H30N6O2S/c1-16-8-9-20(14-18(16)3)31-23(19-10-12-26-13-11-19)29-30-25(31)34-15-22(32)28-24(33)27-21-7-5-4-6-17(21)2/h8-14,17,21H,4-7,15H2,1-3H3,(H2,27,28,32,33). The first-order chi connectivity index (χ1) is 16.4. The Morgan fingerprint density at radius 3 is 2.56 bits per heavy atom. The Hall–Kier alpha value is -3.20. The monoisotopic (exact) mass is 478 g/mol. The van der Waals surface area contributed by atoms with Crippen molar-refractivity contribution < 1.29 is 9.59 Å². The van der Waals surface area contributed by atoms with Crippen LogP contribution in [0.5, 0.6) is 0 Å². The largest absolute Gasteiger partial charge is 0.335 e. The second-order valence-corrected chi connectivity index (χ2v) is 9.77. The Bertz CT molecular complexity index is 1160. The molecule has 1 aromatic carbocycles. The number of hydrogen-bond acceptors (Lipinski definition) is 6. The molecule has 9 heteroatoms. The highest BCUT2D eigenvalue weighted by Gasteiger charge is 2.24. The van der Waals surface area contributed by atoms with Crippen LogP contribution < -0.4 is 10.6 Å². The number of amides is 3. The lowest BCUT2D eigenvalue weighted by molar-refractivity contribution is -0.117. The second kappa shape index (κ2) is 10.8. The summed E-state index contributed by atoms with van der Waals surface area (Å²) >= 11 is 1.25. The summed E-state index contributed by atoms with van der Waals surface area (Å²) in [5, 5.41) is 14.7. The van der Waals surface area contributed by atoms with E-state index in [2.05, 4.69) is 58.7 Å². The summed E-state index contributed by atoms with van der Waals surface area (Å²) < 4.78 is 1.93. The third-order valence-corrected chi connectivity index (χ3v) is 7.26. The van der Waals surface area contributed by atoms with Crippen LogP contribution in [0, 0.1) is 19.8 Å². The van der Waals surface area contributed by atoms with Crippen molar-refractivity contribution in [2.24, 2.45) is 5.92 Å². The number of rotatable bonds is 6. The maximum absolute atomic E-state index is 12.5. The highest BCUT2D eigenvalue weighted by Crippen LogP contribution is 2.28. The van der Waals surface area contributed by atoms with Crippen LogP contribution >= 0.6 is 11.8 Å². The fourth-order valence-electron chi connectivity index (χ4n) is 4.18. The zero-order valence-corrected chi connectivity index (χ0v) is 20.6. The first-order valence-corrected chi connectivity index (χ1v) is 12.6. The van der Waals surface area contributed by atoms with Crippen molar-refractivity contribution >= 4 is 23.7 Å². The number of aromatic nitrogens is 4. The van der Waals surface area contributed by atoms with Crippen molar-refractivity contribution in [3.8, 4) is 17.1 Å². The summed E-state index contributed by atoms with van der Waals surface area (Å²) in [6.45, 7) is 6.26. The number of urea groups is 1. The zero-order chi connectivity index (χ0) is 24.1. The predicted octanol–water partition coefficient (Wildman–Crippen LogP) is 4.44. The second-order valence-electron chi connectivity index (χ2n) is 8.82. The molecule has 2 unspecified atom stereocenters. The first-order valence-electron chi connectivity index (χ1n) is 11.6. The number of carbonyl (C=O) groups excluding carboxylic acids is 2. The van der Waals surface area contributed by atoms with Crippen molar-refractivity contribution in [1.82, 2.24) is 30.4 Å². The summed E-state index contributed by atoms with van der Waals surface area (Å²) in [6.07, 6.45) is 7.77. The molecule has 2 atom stereocenters. The van der Waals surface area contributed by atoms with E-state index in [1.54, 1.807) is 12.4 Å². The topological polar surface area (TPSA) is 102 Å². The van der Waals surface area contributed by atoms with E-state index in [1.165, 1.54) is 23.7 Å². The van der Waals surface area contributed by atoms with Crippen LogP contribution in [0.4, 0.5) is 4.79 Å². The maximum Gasteiger partial charge on any atom is 0.321 e. The van der Waals surface area contributed by atoms with Crippen molar-refractivity contribution in [3.63, 3.8) is 0 Å². The molecule has 2 N–H and O–H groups in total. The fourth-order valence-corrected chi connectivity index (χ4v) is 4.93. The molecule has 0 radical (unpaired) electrons. The number of imide groups is 1. The van der Waals surface area contributed by atoms with Gasteiger partial charge in [0, 0.05) is 24.0 Å². The Morgan fingerprint density at radius 2 is 1.82 bits per heavy atom. The normalized spacial score (nSPS) is 17.9. The molecule has 34 heavy (non-hydrogen) atoms. The zero-order valence-electron chi connectivity index (χ0n) is 19.7. The fraction of sp³-hybridized carbons (Fsp3) is 0.400. The van der Waals surface area contributed by atoms with Crippen LogP contribution in [0.1, 0.15) is 43.7 Å². The lowest BCUT2D eigenvalue weighted by atomic mass is 9.86. The van der Waals surface area contributed by atoms with Gasteiger partial charge in [-0.15, -0.1) is 10.2 Å². The lowest BCUT2D eigenvalue weighted by Crippen LogP contribution is -2.48. The maximum atomic E-state index is 12.5. The number of carbonyl (C=O) groups is 2. The molecule has 0 bridgehead atoms. The highest BCUT2D eigenvalue weighted by molar-refractivity contribution is 7.99. The lowest BCUT2D eigenvalue weighted by Gasteiger charge is -2.29. The third-order valence-electron chi connectivity index (χ3n) is 6.33. The Kier molecular flexibility index (Phi) is 7.62. The van der Waals surface area contributed by atoms with E-state index in [0.29, 0.717) is 16.9 Å². The number of hydrogen-bond donors (Lipinski definition) is 2. The highest BCUT2D eigenvalue weighted by atomic mass is 32.2. The summed E-state index contributed by atoms with van der Waals surface area (Å²) in [5.41, 5.74) is 4.12. The quantitative estimate of drug-likeness (QED) is 0.508. The van der Waals surface area contributed by atoms with Gasteiger partial charge in [-0.05, 0) is 68.0 Å². The summed E-state index contributed by atoms with van der Waals surface area (Å²) in [4.78, 5) is 28.9. The van der Waals surface area contributed by atoms with Crippen LogP contribution in [-0.2, 0) is 4.79 Å². The predicted molar refractivity (Wildman–Crippen MR) is 133 cm³/mol. The van der Waals surface area contributed by atoms with E-state index in [-0.39, 0.29) is 17.7 Å². The van der Waals surface area contributed by atoms with Gasteiger partial charge in [0.2, 0.25) is 5.91 Å². The van der Waals surface area contributed by atoms with Gasteiger partial charge in [0.25, 0.3) is 0 Å². The molecule has 3 aromatic rings. The average molecular weight is 479 g/mol. The first kappa shape index (κ1) is 23.9. The SMILES string of the molecule is Cc1ccc(-n2c(SCC(=O)NC(=O)NC3CCCCC3C)nnc2-c2ccncc2)cc1C. The molecule has 0 saturated heterocycles. The number of nitrogens with one attached hydrogen (secondary N) is 2. The summed E-state index contributed by atoms with van der Waals surface area (Å²) in [7, 11) is 0. The molecule has 1 fully saturated rings. The van der Waals surface area contributed by atoms with E-state index >= 15 is 0 Å². The smallest absolute Gasteiger partial charge is 0.321 e. The van der Waals surface area contributed by atoms with Crippen molar-refractivity contribution in [1.29, 1.82) is 0 Å². The van der Waals surface area contributed by atoms with E-state index in [4.69, 9.17) is 0 Å². The number of nitrogens with zero attached hydrogens (tertiary/aromatic N) is 4. The molecular formula is C25H30N6O2S. The van der Waals surface area contributed by atoms with Gasteiger partial charge in [-0.1, -0.05) is 37.6 Å². The minimum absolute atomic E-state index is 0.0486. The molecule has 4 rings (SSSR count). The van der Waals surface area contributed by atoms with Crippen molar-refractivity contribution in [3.05, 3.63) is 53.9 Å². The van der Waals surface area contributed by atoms with Gasteiger partial charge in [-0.3, -0.25) is 19.7 Å². The van der Waals surface area contributed by atoms with Crippen LogP contribution in [0.3, 0.4) is 0 Å². The van der Waals surface area contributed by atoms with Crippen LogP contribution in [-0.4, -0.2) is 43.5 Å². The molecule has 1 aliphatic rings. The van der Waals surface area contributed by atoms with E-state index in [1.807, 2.05) is 22.8 Å². The van der Waals surface area contributed by atoms with Crippen LogP contribution in [0.2, 0.25) is 0 Å². The van der Waals surface area contributed by atoms with Crippen LogP contribution in [0.15, 0.2) is 47.9 Å². The molecule has 2 aromatic heterocycles. The minimum Gasteiger partial charge on any atom is -0.335 e. The van der Waals surface area contributed by atoms with Crippen molar-refractivity contribution in [2.45, 2.75) is 57.7 Å². The van der Waals surface area contributed by atoms with E-state index < -0.39 is 6.03 Å². The Labute approximate surface area is 204 Å². The summed E-state index contributed by atoms with van der Waals surface area (Å²) in [5.74, 6) is 0.767.